The van der Waals surface area contributed by atoms with Crippen LogP contribution in [0.1, 0.15) is 25.0 Å². The average molecular weight is 713 g/mol. The summed E-state index contributed by atoms with van der Waals surface area (Å²) in [6.07, 6.45) is 0.227. The molecule has 0 fully saturated rings. The fourth-order valence-electron chi connectivity index (χ4n) is 4.78. The van der Waals surface area contributed by atoms with E-state index >= 15 is 0 Å². The Bertz CT molecular complexity index is 1700. The van der Waals surface area contributed by atoms with Crippen molar-refractivity contribution in [3.8, 4) is 5.75 Å². The molecular formula is C34H35BrClN3O5S. The molecule has 4 aromatic carbocycles. The summed E-state index contributed by atoms with van der Waals surface area (Å²) in [4.78, 5) is 29.7. The van der Waals surface area contributed by atoms with E-state index in [0.29, 0.717) is 10.8 Å². The van der Waals surface area contributed by atoms with Gasteiger partial charge in [-0.05, 0) is 85.6 Å². The molecule has 4 aromatic rings. The smallest absolute Gasteiger partial charge is 0.264 e. The molecule has 0 saturated heterocycles. The molecule has 0 radical (unpaired) electrons. The Morgan fingerprint density at radius 3 is 2.13 bits per heavy atom. The third-order valence-electron chi connectivity index (χ3n) is 6.98. The fraction of sp³-hybridized carbons (Fsp3) is 0.235. The number of anilines is 1. The molecule has 0 bridgehead atoms. The van der Waals surface area contributed by atoms with Crippen LogP contribution in [-0.2, 0) is 32.6 Å². The first-order valence-electron chi connectivity index (χ1n) is 14.3. The Balaban J connectivity index is 1.80. The second kappa shape index (κ2) is 15.4. The molecule has 0 heterocycles. The van der Waals surface area contributed by atoms with Crippen LogP contribution in [0.25, 0.3) is 0 Å². The quantitative estimate of drug-likeness (QED) is 0.172. The number of benzene rings is 4. The summed E-state index contributed by atoms with van der Waals surface area (Å²) in [5.74, 6) is -0.404. The zero-order valence-electron chi connectivity index (χ0n) is 25.2. The minimum absolute atomic E-state index is 0.0250. The van der Waals surface area contributed by atoms with Crippen molar-refractivity contribution in [2.24, 2.45) is 0 Å². The highest BCUT2D eigenvalue weighted by Gasteiger charge is 2.35. The summed E-state index contributed by atoms with van der Waals surface area (Å²) in [6, 6.07) is 27.9. The van der Waals surface area contributed by atoms with Gasteiger partial charge in [-0.2, -0.15) is 0 Å². The normalized spacial score (nSPS) is 12.0. The summed E-state index contributed by atoms with van der Waals surface area (Å²) in [5, 5.41) is 3.37. The van der Waals surface area contributed by atoms with Gasteiger partial charge < -0.3 is 15.0 Å². The lowest BCUT2D eigenvalue weighted by molar-refractivity contribution is -0.140. The molecular weight excluding hydrogens is 678 g/mol. The molecule has 4 rings (SSSR count). The van der Waals surface area contributed by atoms with Crippen LogP contribution < -0.4 is 14.4 Å². The lowest BCUT2D eigenvalue weighted by Gasteiger charge is -2.34. The predicted molar refractivity (Wildman–Crippen MR) is 181 cm³/mol. The van der Waals surface area contributed by atoms with Gasteiger partial charge in [-0.25, -0.2) is 8.42 Å². The first-order valence-corrected chi connectivity index (χ1v) is 16.9. The average Bonchev–Trinajstić information content (AvgIpc) is 3.02. The molecule has 0 aliphatic rings. The Kier molecular flexibility index (Phi) is 11.7. The van der Waals surface area contributed by atoms with Gasteiger partial charge in [0.05, 0.1) is 17.7 Å². The van der Waals surface area contributed by atoms with Crippen molar-refractivity contribution in [2.45, 2.75) is 43.8 Å². The van der Waals surface area contributed by atoms with Crippen molar-refractivity contribution in [1.82, 2.24) is 10.2 Å². The standard InChI is InChI=1S/C34H35BrClN3O5S/c1-24(2)37-34(41)32(21-25-8-5-4-6-9-25)38(22-26-10-7-11-27(35)20-26)33(40)23-39(29-14-12-28(36)13-15-29)45(42,43)31-18-16-30(44-3)17-19-31/h4-20,24,32H,21-23H2,1-3H3,(H,37,41)/t32-/m0/s1. The minimum atomic E-state index is -4.24. The van der Waals surface area contributed by atoms with Crippen molar-refractivity contribution < 1.29 is 22.7 Å². The van der Waals surface area contributed by atoms with E-state index in [4.69, 9.17) is 16.3 Å². The third kappa shape index (κ3) is 9.09. The first kappa shape index (κ1) is 34.0. The Hall–Kier alpha value is -3.86. The molecule has 0 aliphatic heterocycles. The van der Waals surface area contributed by atoms with Gasteiger partial charge in [0.2, 0.25) is 11.8 Å². The zero-order chi connectivity index (χ0) is 32.6. The van der Waals surface area contributed by atoms with Crippen molar-refractivity contribution >= 4 is 55.1 Å². The van der Waals surface area contributed by atoms with E-state index in [2.05, 4.69) is 21.2 Å². The maximum absolute atomic E-state index is 14.5. The monoisotopic (exact) mass is 711 g/mol. The molecule has 2 amide bonds. The molecule has 0 aliphatic carbocycles. The number of sulfonamides is 1. The molecule has 0 aromatic heterocycles. The van der Waals surface area contributed by atoms with E-state index in [1.165, 1.54) is 24.1 Å². The summed E-state index contributed by atoms with van der Waals surface area (Å²) >= 11 is 9.62. The molecule has 1 N–H and O–H groups in total. The fourth-order valence-corrected chi connectivity index (χ4v) is 6.76. The van der Waals surface area contributed by atoms with Crippen LogP contribution in [0.3, 0.4) is 0 Å². The minimum Gasteiger partial charge on any atom is -0.497 e. The summed E-state index contributed by atoms with van der Waals surface area (Å²) in [7, 11) is -2.76. The van der Waals surface area contributed by atoms with Crippen molar-refractivity contribution in [3.05, 3.63) is 124 Å². The molecule has 0 spiro atoms. The molecule has 0 unspecified atom stereocenters. The zero-order valence-corrected chi connectivity index (χ0v) is 28.3. The van der Waals surface area contributed by atoms with Gasteiger partial charge in [-0.15, -0.1) is 0 Å². The molecule has 0 saturated carbocycles. The third-order valence-corrected chi connectivity index (χ3v) is 9.52. The van der Waals surface area contributed by atoms with E-state index in [1.54, 1.807) is 36.4 Å². The molecule has 8 nitrogen and oxygen atoms in total. The first-order chi connectivity index (χ1) is 21.5. The van der Waals surface area contributed by atoms with Gasteiger partial charge in [0.1, 0.15) is 18.3 Å². The van der Waals surface area contributed by atoms with Crippen LogP contribution in [0.5, 0.6) is 5.75 Å². The highest BCUT2D eigenvalue weighted by molar-refractivity contribution is 9.10. The van der Waals surface area contributed by atoms with Gasteiger partial charge in [-0.1, -0.05) is 70.0 Å². The number of nitrogens with one attached hydrogen (secondary N) is 1. The van der Waals surface area contributed by atoms with Crippen LogP contribution >= 0.6 is 27.5 Å². The van der Waals surface area contributed by atoms with E-state index in [0.717, 1.165) is 19.9 Å². The van der Waals surface area contributed by atoms with Gasteiger partial charge in [-0.3, -0.25) is 13.9 Å². The van der Waals surface area contributed by atoms with Crippen LogP contribution in [0.15, 0.2) is 112 Å². The topological polar surface area (TPSA) is 96.0 Å². The maximum Gasteiger partial charge on any atom is 0.264 e. The summed E-state index contributed by atoms with van der Waals surface area (Å²) in [5.41, 5.74) is 1.87. The number of hydrogen-bond acceptors (Lipinski definition) is 5. The number of methoxy groups -OCH3 is 1. The van der Waals surface area contributed by atoms with Gasteiger partial charge in [0, 0.05) is 28.5 Å². The molecule has 11 heteroatoms. The van der Waals surface area contributed by atoms with E-state index in [-0.39, 0.29) is 35.5 Å². The largest absolute Gasteiger partial charge is 0.497 e. The number of hydrogen-bond donors (Lipinski definition) is 1. The predicted octanol–water partition coefficient (Wildman–Crippen LogP) is 6.47. The Labute approximate surface area is 278 Å². The van der Waals surface area contributed by atoms with Gasteiger partial charge >= 0.3 is 0 Å². The van der Waals surface area contributed by atoms with E-state index in [1.807, 2.05) is 68.4 Å². The lowest BCUT2D eigenvalue weighted by Crippen LogP contribution is -2.54. The number of rotatable bonds is 13. The van der Waals surface area contributed by atoms with Crippen LogP contribution in [0, 0.1) is 0 Å². The second-order valence-corrected chi connectivity index (χ2v) is 13.9. The van der Waals surface area contributed by atoms with Crippen LogP contribution in [0.2, 0.25) is 5.02 Å². The highest BCUT2D eigenvalue weighted by Crippen LogP contribution is 2.27. The lowest BCUT2D eigenvalue weighted by atomic mass is 10.0. The SMILES string of the molecule is COc1ccc(S(=O)(=O)N(CC(=O)N(Cc2cccc(Br)c2)[C@@H](Cc2ccccc2)C(=O)NC(C)C)c2ccc(Cl)cc2)cc1. The highest BCUT2D eigenvalue weighted by atomic mass is 79.9. The van der Waals surface area contributed by atoms with Gasteiger partial charge in [0.25, 0.3) is 10.0 Å². The number of ether oxygens (including phenoxy) is 1. The van der Waals surface area contributed by atoms with Crippen molar-refractivity contribution in [1.29, 1.82) is 0 Å². The molecule has 236 valence electrons. The molecule has 45 heavy (non-hydrogen) atoms. The Morgan fingerprint density at radius 1 is 0.889 bits per heavy atom. The van der Waals surface area contributed by atoms with Crippen LogP contribution in [0.4, 0.5) is 5.69 Å². The second-order valence-electron chi connectivity index (χ2n) is 10.7. The maximum atomic E-state index is 14.5. The number of nitrogens with zero attached hydrogens (tertiary/aromatic N) is 2. The van der Waals surface area contributed by atoms with Crippen molar-refractivity contribution in [3.63, 3.8) is 0 Å². The van der Waals surface area contributed by atoms with Crippen LogP contribution in [-0.4, -0.2) is 50.9 Å². The molecule has 1 atom stereocenters. The number of carbonyl (C=O) groups is 2. The van der Waals surface area contributed by atoms with E-state index < -0.39 is 28.5 Å². The summed E-state index contributed by atoms with van der Waals surface area (Å²) < 4.78 is 35.3. The van der Waals surface area contributed by atoms with Gasteiger partial charge in [0.15, 0.2) is 0 Å². The van der Waals surface area contributed by atoms with E-state index in [9.17, 15) is 18.0 Å². The Morgan fingerprint density at radius 2 is 1.53 bits per heavy atom. The summed E-state index contributed by atoms with van der Waals surface area (Å²) in [6.45, 7) is 3.20. The number of halogens is 2. The number of carbonyl (C=O) groups excluding carboxylic acids is 2. The number of amides is 2. The van der Waals surface area contributed by atoms with Crippen molar-refractivity contribution in [2.75, 3.05) is 18.0 Å².